The molecule has 1 aliphatic rings. The van der Waals surface area contributed by atoms with E-state index in [1.807, 2.05) is 6.92 Å². The molecule has 1 saturated heterocycles. The summed E-state index contributed by atoms with van der Waals surface area (Å²) in [6, 6.07) is 0.852. The molecule has 0 aromatic carbocycles. The van der Waals surface area contributed by atoms with Crippen molar-refractivity contribution in [3.8, 4) is 12.3 Å². The van der Waals surface area contributed by atoms with Crippen molar-refractivity contribution in [2.45, 2.75) is 31.8 Å². The number of terminal acetylenes is 1. The zero-order chi connectivity index (χ0) is 8.97. The van der Waals surface area contributed by atoms with Crippen molar-refractivity contribution in [2.24, 2.45) is 0 Å². The Balaban J connectivity index is 2.22. The fourth-order valence-corrected chi connectivity index (χ4v) is 1.58. The van der Waals surface area contributed by atoms with Crippen molar-refractivity contribution >= 4 is 0 Å². The summed E-state index contributed by atoms with van der Waals surface area (Å²) in [5.74, 6) is 2.70. The van der Waals surface area contributed by atoms with Crippen LogP contribution in [0.4, 0.5) is 0 Å². The quantitative estimate of drug-likeness (QED) is 0.607. The zero-order valence-electron chi connectivity index (χ0n) is 8.01. The first-order valence-corrected chi connectivity index (χ1v) is 4.63. The van der Waals surface area contributed by atoms with Gasteiger partial charge in [-0.2, -0.15) is 0 Å². The molecule has 0 saturated carbocycles. The number of likely N-dealkylation sites (tertiary alicyclic amines) is 1. The van der Waals surface area contributed by atoms with Gasteiger partial charge in [0.2, 0.25) is 0 Å². The molecule has 1 rings (SSSR count). The van der Waals surface area contributed by atoms with Crippen molar-refractivity contribution in [1.29, 1.82) is 0 Å². The van der Waals surface area contributed by atoms with E-state index in [1.165, 1.54) is 25.9 Å². The Morgan fingerprint density at radius 1 is 1.50 bits per heavy atom. The molecule has 1 N–H and O–H groups in total. The van der Waals surface area contributed by atoms with E-state index in [0.717, 1.165) is 0 Å². The zero-order valence-corrected chi connectivity index (χ0v) is 8.01. The van der Waals surface area contributed by atoms with Gasteiger partial charge in [0.15, 0.2) is 0 Å². The maximum Gasteiger partial charge on any atom is 0.0660 e. The molecule has 0 bridgehead atoms. The molecule has 1 unspecified atom stereocenters. The standard InChI is InChI=1S/C10H18N2/c1-4-9(2)11-10-5-7-12(3)8-6-10/h1,9-11H,5-8H2,2-3H3. The third-order valence-electron chi connectivity index (χ3n) is 2.45. The van der Waals surface area contributed by atoms with E-state index in [9.17, 15) is 0 Å². The van der Waals surface area contributed by atoms with Crippen LogP contribution in [0.1, 0.15) is 19.8 Å². The van der Waals surface area contributed by atoms with E-state index in [2.05, 4.69) is 23.2 Å². The van der Waals surface area contributed by atoms with Crippen LogP contribution in [0.2, 0.25) is 0 Å². The summed E-state index contributed by atoms with van der Waals surface area (Å²) in [5, 5.41) is 3.43. The number of nitrogens with one attached hydrogen (secondary N) is 1. The SMILES string of the molecule is C#CC(C)NC1CCN(C)CC1. The van der Waals surface area contributed by atoms with Crippen LogP contribution in [-0.4, -0.2) is 37.1 Å². The Morgan fingerprint density at radius 2 is 2.08 bits per heavy atom. The summed E-state index contributed by atoms with van der Waals surface area (Å²) in [5.41, 5.74) is 0. The van der Waals surface area contributed by atoms with Crippen LogP contribution in [0, 0.1) is 12.3 Å². The summed E-state index contributed by atoms with van der Waals surface area (Å²) in [7, 11) is 2.17. The predicted octanol–water partition coefficient (Wildman–Crippen LogP) is 0.692. The molecule has 1 heterocycles. The van der Waals surface area contributed by atoms with Crippen LogP contribution in [0.15, 0.2) is 0 Å². The fraction of sp³-hybridized carbons (Fsp3) is 0.800. The van der Waals surface area contributed by atoms with E-state index in [1.54, 1.807) is 0 Å². The minimum absolute atomic E-state index is 0.221. The van der Waals surface area contributed by atoms with Crippen molar-refractivity contribution < 1.29 is 0 Å². The highest BCUT2D eigenvalue weighted by atomic mass is 15.1. The van der Waals surface area contributed by atoms with Crippen LogP contribution in [0.5, 0.6) is 0 Å². The van der Waals surface area contributed by atoms with Crippen molar-refractivity contribution in [1.82, 2.24) is 10.2 Å². The molecule has 0 amide bonds. The third kappa shape index (κ3) is 2.84. The van der Waals surface area contributed by atoms with Crippen LogP contribution in [0.25, 0.3) is 0 Å². The van der Waals surface area contributed by atoms with Gasteiger partial charge in [0, 0.05) is 6.04 Å². The van der Waals surface area contributed by atoms with Gasteiger partial charge >= 0.3 is 0 Å². The highest BCUT2D eigenvalue weighted by molar-refractivity contribution is 4.97. The summed E-state index contributed by atoms with van der Waals surface area (Å²) in [6.45, 7) is 4.42. The smallest absolute Gasteiger partial charge is 0.0660 e. The molecule has 12 heavy (non-hydrogen) atoms. The second-order valence-corrected chi connectivity index (χ2v) is 3.63. The van der Waals surface area contributed by atoms with E-state index in [-0.39, 0.29) is 6.04 Å². The van der Waals surface area contributed by atoms with E-state index in [0.29, 0.717) is 6.04 Å². The van der Waals surface area contributed by atoms with Gasteiger partial charge in [-0.1, -0.05) is 5.92 Å². The molecule has 2 nitrogen and oxygen atoms in total. The lowest BCUT2D eigenvalue weighted by molar-refractivity contribution is 0.232. The Hall–Kier alpha value is -0.520. The summed E-state index contributed by atoms with van der Waals surface area (Å²) >= 11 is 0. The van der Waals surface area contributed by atoms with Gasteiger partial charge in [0.05, 0.1) is 6.04 Å². The van der Waals surface area contributed by atoms with Gasteiger partial charge in [0.25, 0.3) is 0 Å². The largest absolute Gasteiger partial charge is 0.306 e. The van der Waals surface area contributed by atoms with Crippen LogP contribution in [0.3, 0.4) is 0 Å². The van der Waals surface area contributed by atoms with Crippen LogP contribution < -0.4 is 5.32 Å². The van der Waals surface area contributed by atoms with Crippen LogP contribution in [-0.2, 0) is 0 Å². The lowest BCUT2D eigenvalue weighted by Crippen LogP contribution is -2.43. The highest BCUT2D eigenvalue weighted by Crippen LogP contribution is 2.08. The maximum atomic E-state index is 5.29. The third-order valence-corrected chi connectivity index (χ3v) is 2.45. The lowest BCUT2D eigenvalue weighted by atomic mass is 10.0. The lowest BCUT2D eigenvalue weighted by Gasteiger charge is -2.30. The number of hydrogen-bond acceptors (Lipinski definition) is 2. The number of rotatable bonds is 2. The molecule has 0 aromatic heterocycles. The summed E-state index contributed by atoms with van der Waals surface area (Å²) in [4.78, 5) is 2.36. The van der Waals surface area contributed by atoms with Gasteiger partial charge < -0.3 is 10.2 Å². The second kappa shape index (κ2) is 4.49. The topological polar surface area (TPSA) is 15.3 Å². The fourth-order valence-electron chi connectivity index (χ4n) is 1.58. The molecule has 0 spiro atoms. The van der Waals surface area contributed by atoms with Crippen molar-refractivity contribution in [3.63, 3.8) is 0 Å². The monoisotopic (exact) mass is 166 g/mol. The summed E-state index contributed by atoms with van der Waals surface area (Å²) < 4.78 is 0. The molecule has 68 valence electrons. The molecule has 0 radical (unpaired) electrons. The Kier molecular flexibility index (Phi) is 3.58. The minimum Gasteiger partial charge on any atom is -0.306 e. The molecule has 0 aliphatic carbocycles. The number of hydrogen-bond donors (Lipinski definition) is 1. The highest BCUT2D eigenvalue weighted by Gasteiger charge is 2.16. The first-order valence-electron chi connectivity index (χ1n) is 4.63. The van der Waals surface area contributed by atoms with Gasteiger partial charge in [-0.3, -0.25) is 0 Å². The Morgan fingerprint density at radius 3 is 2.58 bits per heavy atom. The second-order valence-electron chi connectivity index (χ2n) is 3.63. The minimum atomic E-state index is 0.221. The molecule has 1 atom stereocenters. The molecular weight excluding hydrogens is 148 g/mol. The molecule has 0 aromatic rings. The normalized spacial score (nSPS) is 23.4. The van der Waals surface area contributed by atoms with E-state index >= 15 is 0 Å². The Bertz CT molecular complexity index is 163. The van der Waals surface area contributed by atoms with Gasteiger partial charge in [-0.15, -0.1) is 6.42 Å². The molecule has 1 fully saturated rings. The first kappa shape index (κ1) is 9.57. The number of nitrogens with zero attached hydrogens (tertiary/aromatic N) is 1. The predicted molar refractivity (Wildman–Crippen MR) is 51.9 cm³/mol. The average molecular weight is 166 g/mol. The number of piperidine rings is 1. The molecular formula is C10H18N2. The average Bonchev–Trinajstić information content (AvgIpc) is 2.09. The van der Waals surface area contributed by atoms with Gasteiger partial charge in [-0.25, -0.2) is 0 Å². The maximum absolute atomic E-state index is 5.29. The van der Waals surface area contributed by atoms with E-state index < -0.39 is 0 Å². The van der Waals surface area contributed by atoms with E-state index in [4.69, 9.17) is 6.42 Å². The van der Waals surface area contributed by atoms with Crippen LogP contribution >= 0.6 is 0 Å². The Labute approximate surface area is 75.3 Å². The first-order chi connectivity index (χ1) is 5.72. The van der Waals surface area contributed by atoms with Crippen molar-refractivity contribution in [3.05, 3.63) is 0 Å². The summed E-state index contributed by atoms with van der Waals surface area (Å²) in [6.07, 6.45) is 7.74. The van der Waals surface area contributed by atoms with Crippen molar-refractivity contribution in [2.75, 3.05) is 20.1 Å². The van der Waals surface area contributed by atoms with Gasteiger partial charge in [-0.05, 0) is 39.9 Å². The van der Waals surface area contributed by atoms with Gasteiger partial charge in [0.1, 0.15) is 0 Å². The molecule has 2 heteroatoms. The molecule has 1 aliphatic heterocycles.